The topological polar surface area (TPSA) is 65.2 Å². The van der Waals surface area contributed by atoms with E-state index in [-0.39, 0.29) is 17.9 Å². The summed E-state index contributed by atoms with van der Waals surface area (Å²) in [6.07, 6.45) is 3.03. The van der Waals surface area contributed by atoms with Gasteiger partial charge in [0.05, 0.1) is 0 Å². The molecule has 1 unspecified atom stereocenters. The van der Waals surface area contributed by atoms with Crippen LogP contribution in [0.4, 0.5) is 0 Å². The summed E-state index contributed by atoms with van der Waals surface area (Å²) < 4.78 is 0. The molecule has 2 N–H and O–H groups in total. The zero-order valence-corrected chi connectivity index (χ0v) is 11.3. The molecule has 1 saturated heterocycles. The molecule has 1 aromatic carbocycles. The zero-order chi connectivity index (χ0) is 14.1. The van der Waals surface area contributed by atoms with Crippen LogP contribution in [0.2, 0.25) is 0 Å². The first-order chi connectivity index (χ1) is 9.65. The maximum Gasteiger partial charge on any atom is 0.252 e. The van der Waals surface area contributed by atoms with Crippen LogP contribution in [0.25, 0.3) is 10.9 Å². The number of benzene rings is 1. The van der Waals surface area contributed by atoms with Crippen LogP contribution in [-0.2, 0) is 4.79 Å². The molecule has 1 fully saturated rings. The first-order valence-electron chi connectivity index (χ1n) is 6.76. The summed E-state index contributed by atoms with van der Waals surface area (Å²) in [6, 6.07) is 7.56. The third kappa shape index (κ3) is 2.27. The fourth-order valence-corrected chi connectivity index (χ4v) is 2.68. The standard InChI is InChI=1S/C15H17N3O2/c1-18-9-10(5-6-14(18)19)17-15(20)12-3-2-4-13-11(12)7-8-16-13/h2-4,7-8,10,16H,5-6,9H2,1H3,(H,17,20). The van der Waals surface area contributed by atoms with Crippen molar-refractivity contribution in [2.45, 2.75) is 18.9 Å². The number of likely N-dealkylation sites (tertiary alicyclic amines) is 1. The molecule has 0 saturated carbocycles. The van der Waals surface area contributed by atoms with Crippen molar-refractivity contribution in [3.63, 3.8) is 0 Å². The fourth-order valence-electron chi connectivity index (χ4n) is 2.68. The number of carbonyl (C=O) groups is 2. The van der Waals surface area contributed by atoms with Crippen molar-refractivity contribution in [3.8, 4) is 0 Å². The Kier molecular flexibility index (Phi) is 3.18. The number of aromatic nitrogens is 1. The molecular weight excluding hydrogens is 254 g/mol. The molecule has 3 rings (SSSR count). The summed E-state index contributed by atoms with van der Waals surface area (Å²) in [6.45, 7) is 0.577. The summed E-state index contributed by atoms with van der Waals surface area (Å²) in [5.74, 6) is 0.0613. The van der Waals surface area contributed by atoms with Gasteiger partial charge in [0.15, 0.2) is 0 Å². The van der Waals surface area contributed by atoms with Crippen molar-refractivity contribution >= 4 is 22.7 Å². The van der Waals surface area contributed by atoms with Crippen LogP contribution in [0.5, 0.6) is 0 Å². The van der Waals surface area contributed by atoms with Gasteiger partial charge in [-0.2, -0.15) is 0 Å². The van der Waals surface area contributed by atoms with Gasteiger partial charge in [-0.1, -0.05) is 6.07 Å². The van der Waals surface area contributed by atoms with E-state index in [1.54, 1.807) is 11.9 Å². The minimum absolute atomic E-state index is 0.0272. The number of hydrogen-bond acceptors (Lipinski definition) is 2. The second-order valence-electron chi connectivity index (χ2n) is 5.23. The molecule has 20 heavy (non-hydrogen) atoms. The van der Waals surface area contributed by atoms with E-state index < -0.39 is 0 Å². The Hall–Kier alpha value is -2.30. The fraction of sp³-hybridized carbons (Fsp3) is 0.333. The molecule has 1 aliphatic heterocycles. The highest BCUT2D eigenvalue weighted by Gasteiger charge is 2.24. The quantitative estimate of drug-likeness (QED) is 0.869. The van der Waals surface area contributed by atoms with Gasteiger partial charge in [-0.15, -0.1) is 0 Å². The van der Waals surface area contributed by atoms with E-state index in [4.69, 9.17) is 0 Å². The van der Waals surface area contributed by atoms with E-state index in [1.165, 1.54) is 0 Å². The van der Waals surface area contributed by atoms with Crippen molar-refractivity contribution in [1.29, 1.82) is 0 Å². The molecule has 2 amide bonds. The number of fused-ring (bicyclic) bond motifs is 1. The van der Waals surface area contributed by atoms with Crippen molar-refractivity contribution < 1.29 is 9.59 Å². The molecule has 1 aromatic heterocycles. The monoisotopic (exact) mass is 271 g/mol. The second-order valence-corrected chi connectivity index (χ2v) is 5.23. The Morgan fingerprint density at radius 2 is 2.25 bits per heavy atom. The number of nitrogens with one attached hydrogen (secondary N) is 2. The number of likely N-dealkylation sites (N-methyl/N-ethyl adjacent to an activating group) is 1. The highest BCUT2D eigenvalue weighted by Crippen LogP contribution is 2.18. The molecule has 5 nitrogen and oxygen atoms in total. The lowest BCUT2D eigenvalue weighted by Gasteiger charge is -2.30. The van der Waals surface area contributed by atoms with Gasteiger partial charge in [0.1, 0.15) is 0 Å². The smallest absolute Gasteiger partial charge is 0.252 e. The number of amides is 2. The molecule has 1 atom stereocenters. The number of nitrogens with zero attached hydrogens (tertiary/aromatic N) is 1. The van der Waals surface area contributed by atoms with Crippen LogP contribution >= 0.6 is 0 Å². The van der Waals surface area contributed by atoms with E-state index >= 15 is 0 Å². The van der Waals surface area contributed by atoms with Crippen LogP contribution in [0, 0.1) is 0 Å². The largest absolute Gasteiger partial charge is 0.361 e. The molecule has 1 aliphatic rings. The summed E-state index contributed by atoms with van der Waals surface area (Å²) in [5, 5.41) is 3.94. The Labute approximate surface area is 117 Å². The van der Waals surface area contributed by atoms with Crippen LogP contribution in [0.15, 0.2) is 30.5 Å². The molecule has 0 spiro atoms. The first kappa shape index (κ1) is 12.7. The third-order valence-electron chi connectivity index (χ3n) is 3.80. The summed E-state index contributed by atoms with van der Waals surface area (Å²) in [7, 11) is 1.77. The van der Waals surface area contributed by atoms with Crippen LogP contribution < -0.4 is 5.32 Å². The van der Waals surface area contributed by atoms with Gasteiger partial charge < -0.3 is 15.2 Å². The number of carbonyl (C=O) groups excluding carboxylic acids is 2. The lowest BCUT2D eigenvalue weighted by molar-refractivity contribution is -0.132. The predicted molar refractivity (Wildman–Crippen MR) is 76.4 cm³/mol. The third-order valence-corrected chi connectivity index (χ3v) is 3.80. The highest BCUT2D eigenvalue weighted by atomic mass is 16.2. The van der Waals surface area contributed by atoms with Gasteiger partial charge in [-0.05, 0) is 24.6 Å². The van der Waals surface area contributed by atoms with Crippen molar-refractivity contribution in [1.82, 2.24) is 15.2 Å². The number of aromatic amines is 1. The van der Waals surface area contributed by atoms with Crippen molar-refractivity contribution in [2.24, 2.45) is 0 Å². The maximum absolute atomic E-state index is 12.4. The lowest BCUT2D eigenvalue weighted by atomic mass is 10.0. The predicted octanol–water partition coefficient (Wildman–Crippen LogP) is 1.52. The van der Waals surface area contributed by atoms with Gasteiger partial charge in [0, 0.05) is 48.7 Å². The molecule has 0 aliphatic carbocycles. The van der Waals surface area contributed by atoms with Gasteiger partial charge in [-0.3, -0.25) is 9.59 Å². The normalized spacial score (nSPS) is 19.4. The van der Waals surface area contributed by atoms with E-state index in [9.17, 15) is 9.59 Å². The average molecular weight is 271 g/mol. The van der Waals surface area contributed by atoms with E-state index in [2.05, 4.69) is 10.3 Å². The van der Waals surface area contributed by atoms with Crippen molar-refractivity contribution in [2.75, 3.05) is 13.6 Å². The van der Waals surface area contributed by atoms with Gasteiger partial charge >= 0.3 is 0 Å². The molecular formula is C15H17N3O2. The van der Waals surface area contributed by atoms with Crippen LogP contribution in [0.1, 0.15) is 23.2 Å². The second kappa shape index (κ2) is 5.00. The molecule has 0 radical (unpaired) electrons. The lowest BCUT2D eigenvalue weighted by Crippen LogP contribution is -2.48. The number of piperidine rings is 1. The Morgan fingerprint density at radius 3 is 3.05 bits per heavy atom. The summed E-state index contributed by atoms with van der Waals surface area (Å²) >= 11 is 0. The number of H-pyrrole nitrogens is 1. The van der Waals surface area contributed by atoms with E-state index in [1.807, 2.05) is 30.5 Å². The zero-order valence-electron chi connectivity index (χ0n) is 11.3. The van der Waals surface area contributed by atoms with E-state index in [0.29, 0.717) is 24.9 Å². The number of hydrogen-bond donors (Lipinski definition) is 2. The summed E-state index contributed by atoms with van der Waals surface area (Å²) in [5.41, 5.74) is 1.62. The van der Waals surface area contributed by atoms with Crippen LogP contribution in [0.3, 0.4) is 0 Å². The first-order valence-corrected chi connectivity index (χ1v) is 6.76. The maximum atomic E-state index is 12.4. The molecule has 5 heteroatoms. The minimum atomic E-state index is -0.0806. The Bertz CT molecular complexity index is 662. The molecule has 104 valence electrons. The highest BCUT2D eigenvalue weighted by molar-refractivity contribution is 6.06. The SMILES string of the molecule is CN1CC(NC(=O)c2cccc3[nH]ccc23)CCC1=O. The Morgan fingerprint density at radius 1 is 1.40 bits per heavy atom. The van der Waals surface area contributed by atoms with Crippen molar-refractivity contribution in [3.05, 3.63) is 36.0 Å². The number of rotatable bonds is 2. The van der Waals surface area contributed by atoms with Gasteiger partial charge in [0.25, 0.3) is 5.91 Å². The molecule has 0 bridgehead atoms. The molecule has 2 aromatic rings. The minimum Gasteiger partial charge on any atom is -0.361 e. The van der Waals surface area contributed by atoms with Gasteiger partial charge in [0.2, 0.25) is 5.91 Å². The van der Waals surface area contributed by atoms with Gasteiger partial charge in [-0.25, -0.2) is 0 Å². The average Bonchev–Trinajstić information content (AvgIpc) is 2.91. The van der Waals surface area contributed by atoms with Crippen LogP contribution in [-0.4, -0.2) is 41.3 Å². The van der Waals surface area contributed by atoms with E-state index in [0.717, 1.165) is 10.9 Å². The summed E-state index contributed by atoms with van der Waals surface area (Å²) in [4.78, 5) is 28.6. The molecule has 2 heterocycles. The Balaban J connectivity index is 1.76.